The van der Waals surface area contributed by atoms with Crippen LogP contribution in [0.2, 0.25) is 0 Å². The monoisotopic (exact) mass is 270 g/mol. The first-order valence-electron chi connectivity index (χ1n) is 7.08. The average molecular weight is 270 g/mol. The Morgan fingerprint density at radius 1 is 0.850 bits per heavy atom. The Labute approximate surface area is 121 Å². The molecule has 106 valence electrons. The van der Waals surface area contributed by atoms with Gasteiger partial charge in [-0.15, -0.1) is 0 Å². The predicted molar refractivity (Wildman–Crippen MR) is 81.4 cm³/mol. The zero-order valence-electron chi connectivity index (χ0n) is 12.1. The Hall–Kier alpha value is -1.64. The molecule has 0 radical (unpaired) electrons. The molecule has 2 aromatic rings. The molecule has 0 fully saturated rings. The van der Waals surface area contributed by atoms with Crippen LogP contribution in [0, 0.1) is 5.92 Å². The first kappa shape index (κ1) is 14.8. The van der Waals surface area contributed by atoms with Crippen molar-refractivity contribution in [3.05, 3.63) is 71.8 Å². The molecular weight excluding hydrogens is 248 g/mol. The maximum absolute atomic E-state index is 10.6. The summed E-state index contributed by atoms with van der Waals surface area (Å²) < 4.78 is 5.96. The number of hydrogen-bond acceptors (Lipinski definition) is 2. The molecule has 2 atom stereocenters. The fraction of sp³-hybridized carbons (Fsp3) is 0.333. The predicted octanol–water partition coefficient (Wildman–Crippen LogP) is 4.13. The summed E-state index contributed by atoms with van der Waals surface area (Å²) in [5.41, 5.74) is 1.88. The summed E-state index contributed by atoms with van der Waals surface area (Å²) in [5, 5.41) is 10.6. The molecule has 0 heterocycles. The molecule has 20 heavy (non-hydrogen) atoms. The zero-order valence-corrected chi connectivity index (χ0v) is 12.1. The van der Waals surface area contributed by atoms with Crippen molar-refractivity contribution in [1.82, 2.24) is 0 Å². The van der Waals surface area contributed by atoms with Crippen molar-refractivity contribution in [2.24, 2.45) is 5.92 Å². The molecule has 0 aliphatic rings. The van der Waals surface area contributed by atoms with Gasteiger partial charge in [-0.3, -0.25) is 0 Å². The molecule has 1 N–H and O–H groups in total. The molecule has 2 aromatic carbocycles. The summed E-state index contributed by atoms with van der Waals surface area (Å²) in [4.78, 5) is 0. The van der Waals surface area contributed by atoms with Crippen molar-refractivity contribution in [3.63, 3.8) is 0 Å². The molecule has 2 rings (SSSR count). The van der Waals surface area contributed by atoms with Gasteiger partial charge in [-0.1, -0.05) is 74.5 Å². The fourth-order valence-electron chi connectivity index (χ4n) is 2.13. The lowest BCUT2D eigenvalue weighted by molar-refractivity contribution is -0.0501. The van der Waals surface area contributed by atoms with E-state index in [1.165, 1.54) is 0 Å². The summed E-state index contributed by atoms with van der Waals surface area (Å²) in [6.45, 7) is 4.84. The van der Waals surface area contributed by atoms with E-state index >= 15 is 0 Å². The molecule has 0 saturated heterocycles. The molecule has 0 amide bonds. The lowest BCUT2D eigenvalue weighted by Crippen LogP contribution is -2.17. The molecule has 0 saturated carbocycles. The minimum atomic E-state index is -0.655. The van der Waals surface area contributed by atoms with Gasteiger partial charge in [0, 0.05) is 6.61 Å². The number of aliphatic hydroxyl groups excluding tert-OH is 1. The summed E-state index contributed by atoms with van der Waals surface area (Å²) in [6.07, 6.45) is -0.988. The second-order valence-corrected chi connectivity index (χ2v) is 5.41. The van der Waals surface area contributed by atoms with E-state index in [0.29, 0.717) is 12.5 Å². The molecule has 0 aliphatic carbocycles. The highest BCUT2D eigenvalue weighted by atomic mass is 16.5. The van der Waals surface area contributed by atoms with Gasteiger partial charge >= 0.3 is 0 Å². The highest BCUT2D eigenvalue weighted by Gasteiger charge is 2.23. The third-order valence-electron chi connectivity index (χ3n) is 3.17. The quantitative estimate of drug-likeness (QED) is 0.855. The van der Waals surface area contributed by atoms with Gasteiger partial charge in [0.1, 0.15) is 12.2 Å². The van der Waals surface area contributed by atoms with E-state index in [1.807, 2.05) is 60.7 Å². The van der Waals surface area contributed by atoms with Crippen LogP contribution in [0.1, 0.15) is 37.2 Å². The van der Waals surface area contributed by atoms with Gasteiger partial charge in [-0.2, -0.15) is 0 Å². The fourth-order valence-corrected chi connectivity index (χ4v) is 2.13. The summed E-state index contributed by atoms with van der Waals surface area (Å²) in [6, 6.07) is 19.6. The second kappa shape index (κ2) is 7.22. The topological polar surface area (TPSA) is 29.5 Å². The van der Waals surface area contributed by atoms with Gasteiger partial charge in [0.15, 0.2) is 0 Å². The van der Waals surface area contributed by atoms with Crippen LogP contribution in [-0.2, 0) is 4.74 Å². The van der Waals surface area contributed by atoms with E-state index in [0.717, 1.165) is 11.1 Å². The minimum absolute atomic E-state index is 0.332. The second-order valence-electron chi connectivity index (χ2n) is 5.41. The van der Waals surface area contributed by atoms with E-state index in [2.05, 4.69) is 13.8 Å². The highest BCUT2D eigenvalue weighted by molar-refractivity contribution is 5.25. The third-order valence-corrected chi connectivity index (χ3v) is 3.17. The van der Waals surface area contributed by atoms with Gasteiger partial charge < -0.3 is 9.84 Å². The molecule has 2 unspecified atom stereocenters. The number of rotatable bonds is 6. The standard InChI is InChI=1S/C18H22O2/c1-14(2)13-20-18(16-11-7-4-8-12-16)17(19)15-9-5-3-6-10-15/h3-12,14,17-19H,13H2,1-2H3. The zero-order chi connectivity index (χ0) is 14.4. The molecule has 2 heteroatoms. The highest BCUT2D eigenvalue weighted by Crippen LogP contribution is 2.32. The molecular formula is C18H22O2. The van der Waals surface area contributed by atoms with Crippen molar-refractivity contribution < 1.29 is 9.84 Å². The Balaban J connectivity index is 2.22. The summed E-state index contributed by atoms with van der Waals surface area (Å²) in [7, 11) is 0. The Morgan fingerprint density at radius 2 is 1.35 bits per heavy atom. The molecule has 0 aromatic heterocycles. The summed E-state index contributed by atoms with van der Waals surface area (Å²) >= 11 is 0. The first-order valence-corrected chi connectivity index (χ1v) is 7.08. The maximum Gasteiger partial charge on any atom is 0.113 e. The van der Waals surface area contributed by atoms with Crippen LogP contribution in [-0.4, -0.2) is 11.7 Å². The van der Waals surface area contributed by atoms with Crippen molar-refractivity contribution in [2.75, 3.05) is 6.61 Å². The smallest absolute Gasteiger partial charge is 0.113 e. The minimum Gasteiger partial charge on any atom is -0.385 e. The Kier molecular flexibility index (Phi) is 5.33. The van der Waals surface area contributed by atoms with Crippen LogP contribution in [0.3, 0.4) is 0 Å². The first-order chi connectivity index (χ1) is 9.68. The van der Waals surface area contributed by atoms with Gasteiger partial charge in [-0.05, 0) is 17.0 Å². The largest absolute Gasteiger partial charge is 0.385 e. The summed E-state index contributed by atoms with van der Waals surface area (Å²) in [5.74, 6) is 0.434. The lowest BCUT2D eigenvalue weighted by atomic mass is 9.98. The molecule has 0 spiro atoms. The molecule has 2 nitrogen and oxygen atoms in total. The maximum atomic E-state index is 10.6. The Bertz CT molecular complexity index is 493. The van der Waals surface area contributed by atoms with Crippen LogP contribution in [0.15, 0.2) is 60.7 Å². The lowest BCUT2D eigenvalue weighted by Gasteiger charge is -2.25. The van der Waals surface area contributed by atoms with Gasteiger partial charge in [-0.25, -0.2) is 0 Å². The average Bonchev–Trinajstić information content (AvgIpc) is 2.49. The van der Waals surface area contributed by atoms with Gasteiger partial charge in [0.2, 0.25) is 0 Å². The van der Waals surface area contributed by atoms with Crippen LogP contribution < -0.4 is 0 Å². The normalized spacial score (nSPS) is 14.2. The number of aliphatic hydroxyl groups is 1. The van der Waals surface area contributed by atoms with Crippen molar-refractivity contribution >= 4 is 0 Å². The van der Waals surface area contributed by atoms with Gasteiger partial charge in [0.25, 0.3) is 0 Å². The van der Waals surface area contributed by atoms with Crippen molar-refractivity contribution in [2.45, 2.75) is 26.1 Å². The van der Waals surface area contributed by atoms with E-state index in [1.54, 1.807) is 0 Å². The number of benzene rings is 2. The number of ether oxygens (including phenoxy) is 1. The Morgan fingerprint density at radius 3 is 1.85 bits per heavy atom. The van der Waals surface area contributed by atoms with E-state index in [9.17, 15) is 5.11 Å². The van der Waals surface area contributed by atoms with Gasteiger partial charge in [0.05, 0.1) is 0 Å². The number of hydrogen-bond donors (Lipinski definition) is 1. The van der Waals surface area contributed by atoms with Crippen LogP contribution in [0.4, 0.5) is 0 Å². The molecule has 0 aliphatic heterocycles. The van der Waals surface area contributed by atoms with Crippen molar-refractivity contribution in [1.29, 1.82) is 0 Å². The van der Waals surface area contributed by atoms with Crippen LogP contribution in [0.5, 0.6) is 0 Å². The molecule has 0 bridgehead atoms. The third kappa shape index (κ3) is 3.92. The SMILES string of the molecule is CC(C)COC(c1ccccc1)C(O)c1ccccc1. The van der Waals surface area contributed by atoms with Crippen LogP contribution in [0.25, 0.3) is 0 Å². The van der Waals surface area contributed by atoms with E-state index in [4.69, 9.17) is 4.74 Å². The van der Waals surface area contributed by atoms with E-state index < -0.39 is 6.10 Å². The van der Waals surface area contributed by atoms with E-state index in [-0.39, 0.29) is 6.10 Å². The van der Waals surface area contributed by atoms with Crippen LogP contribution >= 0.6 is 0 Å². The van der Waals surface area contributed by atoms with Crippen molar-refractivity contribution in [3.8, 4) is 0 Å².